The van der Waals surface area contributed by atoms with Crippen LogP contribution in [0.1, 0.15) is 10.4 Å². The fourth-order valence-corrected chi connectivity index (χ4v) is 1.66. The number of hydrogen-bond donors (Lipinski definition) is 1. The topological polar surface area (TPSA) is 75.4 Å². The van der Waals surface area contributed by atoms with E-state index in [-0.39, 0.29) is 12.5 Å². The number of carboxylic acids is 1. The zero-order chi connectivity index (χ0) is 13.8. The van der Waals surface area contributed by atoms with E-state index in [4.69, 9.17) is 5.11 Å². The molecule has 0 aliphatic carbocycles. The number of anilines is 1. The number of aromatic nitrogens is 2. The fourth-order valence-electron chi connectivity index (χ4n) is 1.66. The smallest absolute Gasteiger partial charge is 0.325 e. The first kappa shape index (κ1) is 12.8. The van der Waals surface area contributed by atoms with E-state index in [0.717, 1.165) is 5.69 Å². The molecule has 1 amide bonds. The van der Waals surface area contributed by atoms with Crippen molar-refractivity contribution < 1.29 is 14.7 Å². The van der Waals surface area contributed by atoms with Gasteiger partial charge in [0.2, 0.25) is 0 Å². The van der Waals surface area contributed by atoms with Gasteiger partial charge in [0, 0.05) is 18.9 Å². The highest BCUT2D eigenvalue weighted by Gasteiger charge is 2.15. The van der Waals surface area contributed by atoms with Gasteiger partial charge in [0.1, 0.15) is 6.54 Å². The van der Waals surface area contributed by atoms with Crippen LogP contribution in [0.2, 0.25) is 0 Å². The molecule has 0 atom stereocenters. The highest BCUT2D eigenvalue weighted by atomic mass is 16.4. The van der Waals surface area contributed by atoms with Crippen molar-refractivity contribution in [3.8, 4) is 0 Å². The lowest BCUT2D eigenvalue weighted by Crippen LogP contribution is -2.25. The Bertz CT molecular complexity index is 592. The van der Waals surface area contributed by atoms with Gasteiger partial charge in [-0.05, 0) is 12.1 Å². The van der Waals surface area contributed by atoms with Crippen LogP contribution >= 0.6 is 0 Å². The molecule has 0 radical (unpaired) electrons. The third-order valence-electron chi connectivity index (χ3n) is 2.63. The van der Waals surface area contributed by atoms with Crippen molar-refractivity contribution in [1.82, 2.24) is 9.78 Å². The van der Waals surface area contributed by atoms with E-state index in [0.29, 0.717) is 5.56 Å². The van der Waals surface area contributed by atoms with Gasteiger partial charge < -0.3 is 10.0 Å². The highest BCUT2D eigenvalue weighted by molar-refractivity contribution is 6.05. The Morgan fingerprint density at radius 3 is 2.63 bits per heavy atom. The van der Waals surface area contributed by atoms with E-state index in [1.807, 2.05) is 30.3 Å². The average Bonchev–Trinajstić information content (AvgIpc) is 2.85. The number of amides is 1. The molecule has 0 aliphatic rings. The molecule has 0 unspecified atom stereocenters. The minimum absolute atomic E-state index is 0.233. The van der Waals surface area contributed by atoms with Crippen molar-refractivity contribution in [2.75, 3.05) is 11.9 Å². The van der Waals surface area contributed by atoms with E-state index in [1.54, 1.807) is 7.05 Å². The Kier molecular flexibility index (Phi) is 3.61. The molecule has 2 aromatic rings. The molecule has 98 valence electrons. The number of carboxylic acid groups (broad SMARTS) is 1. The van der Waals surface area contributed by atoms with Crippen molar-refractivity contribution in [1.29, 1.82) is 0 Å². The van der Waals surface area contributed by atoms with Crippen LogP contribution in [0.15, 0.2) is 42.7 Å². The molecule has 6 heteroatoms. The molecule has 0 spiro atoms. The van der Waals surface area contributed by atoms with E-state index < -0.39 is 5.97 Å². The second-order valence-electron chi connectivity index (χ2n) is 4.02. The molecule has 1 aromatic heterocycles. The Balaban J connectivity index is 2.15. The number of nitrogens with zero attached hydrogens (tertiary/aromatic N) is 3. The molecule has 1 N–H and O–H groups in total. The Labute approximate surface area is 109 Å². The van der Waals surface area contributed by atoms with Crippen LogP contribution in [0.4, 0.5) is 5.69 Å². The lowest BCUT2D eigenvalue weighted by Gasteiger charge is -2.15. The summed E-state index contributed by atoms with van der Waals surface area (Å²) < 4.78 is 1.22. The SMILES string of the molecule is CN(C(=O)c1cnn(CC(=O)O)c1)c1ccccc1. The summed E-state index contributed by atoms with van der Waals surface area (Å²) in [5.74, 6) is -1.23. The van der Waals surface area contributed by atoms with Crippen LogP contribution in [0.5, 0.6) is 0 Å². The summed E-state index contributed by atoms with van der Waals surface area (Å²) in [5, 5.41) is 12.5. The quantitative estimate of drug-likeness (QED) is 0.896. The first-order valence-electron chi connectivity index (χ1n) is 5.65. The van der Waals surface area contributed by atoms with E-state index in [9.17, 15) is 9.59 Å². The maximum absolute atomic E-state index is 12.2. The predicted octanol–water partition coefficient (Wildman–Crippen LogP) is 1.24. The number of aliphatic carboxylic acids is 1. The second-order valence-corrected chi connectivity index (χ2v) is 4.02. The van der Waals surface area contributed by atoms with Crippen molar-refractivity contribution in [2.24, 2.45) is 0 Å². The first-order chi connectivity index (χ1) is 9.08. The third kappa shape index (κ3) is 2.98. The van der Waals surface area contributed by atoms with Gasteiger partial charge in [-0.3, -0.25) is 14.3 Å². The zero-order valence-corrected chi connectivity index (χ0v) is 10.4. The molecule has 0 fully saturated rings. The van der Waals surface area contributed by atoms with Gasteiger partial charge in [-0.15, -0.1) is 0 Å². The predicted molar refractivity (Wildman–Crippen MR) is 69.0 cm³/mol. The molecule has 0 saturated heterocycles. The van der Waals surface area contributed by atoms with Gasteiger partial charge in [0.25, 0.3) is 5.91 Å². The van der Waals surface area contributed by atoms with E-state index in [2.05, 4.69) is 5.10 Å². The molecular formula is C13H13N3O3. The summed E-state index contributed by atoms with van der Waals surface area (Å²) in [6.07, 6.45) is 2.79. The van der Waals surface area contributed by atoms with Crippen LogP contribution < -0.4 is 4.90 Å². The largest absolute Gasteiger partial charge is 0.480 e. The Morgan fingerprint density at radius 1 is 1.32 bits per heavy atom. The molecular weight excluding hydrogens is 246 g/mol. The molecule has 1 heterocycles. The summed E-state index contributed by atoms with van der Waals surface area (Å²) >= 11 is 0. The molecule has 0 bridgehead atoms. The molecule has 0 aliphatic heterocycles. The lowest BCUT2D eigenvalue weighted by molar-refractivity contribution is -0.137. The maximum Gasteiger partial charge on any atom is 0.325 e. The van der Waals surface area contributed by atoms with Gasteiger partial charge in [-0.2, -0.15) is 5.10 Å². The van der Waals surface area contributed by atoms with Crippen LogP contribution in [-0.2, 0) is 11.3 Å². The number of carbonyl (C=O) groups excluding carboxylic acids is 1. The summed E-state index contributed by atoms with van der Waals surface area (Å²) in [6.45, 7) is -0.262. The summed E-state index contributed by atoms with van der Waals surface area (Å²) in [5.41, 5.74) is 1.12. The summed E-state index contributed by atoms with van der Waals surface area (Å²) in [4.78, 5) is 24.2. The van der Waals surface area contributed by atoms with Gasteiger partial charge in [0.05, 0.1) is 11.8 Å². The number of carbonyl (C=O) groups is 2. The Morgan fingerprint density at radius 2 is 2.00 bits per heavy atom. The molecule has 2 rings (SSSR count). The molecule has 6 nitrogen and oxygen atoms in total. The average molecular weight is 259 g/mol. The van der Waals surface area contributed by atoms with Gasteiger partial charge >= 0.3 is 5.97 Å². The second kappa shape index (κ2) is 5.34. The molecule has 19 heavy (non-hydrogen) atoms. The standard InChI is InChI=1S/C13H13N3O3/c1-15(11-5-3-2-4-6-11)13(19)10-7-14-16(8-10)9-12(17)18/h2-8H,9H2,1H3,(H,17,18). The van der Waals surface area contributed by atoms with Gasteiger partial charge in [0.15, 0.2) is 0 Å². The first-order valence-corrected chi connectivity index (χ1v) is 5.65. The highest BCUT2D eigenvalue weighted by Crippen LogP contribution is 2.14. The number of rotatable bonds is 4. The van der Waals surface area contributed by atoms with Crippen molar-refractivity contribution in [2.45, 2.75) is 6.54 Å². The molecule has 1 aromatic carbocycles. The summed E-state index contributed by atoms with van der Waals surface area (Å²) in [6, 6.07) is 9.19. The fraction of sp³-hybridized carbons (Fsp3) is 0.154. The monoisotopic (exact) mass is 259 g/mol. The third-order valence-corrected chi connectivity index (χ3v) is 2.63. The van der Waals surface area contributed by atoms with E-state index >= 15 is 0 Å². The van der Waals surface area contributed by atoms with Crippen LogP contribution in [0, 0.1) is 0 Å². The van der Waals surface area contributed by atoms with Crippen LogP contribution in [0.25, 0.3) is 0 Å². The van der Waals surface area contributed by atoms with Gasteiger partial charge in [-0.1, -0.05) is 18.2 Å². The van der Waals surface area contributed by atoms with Gasteiger partial charge in [-0.25, -0.2) is 0 Å². The zero-order valence-electron chi connectivity index (χ0n) is 10.4. The molecule has 0 saturated carbocycles. The maximum atomic E-state index is 12.2. The number of benzene rings is 1. The lowest BCUT2D eigenvalue weighted by atomic mass is 10.2. The number of hydrogen-bond acceptors (Lipinski definition) is 3. The van der Waals surface area contributed by atoms with Crippen molar-refractivity contribution in [3.63, 3.8) is 0 Å². The normalized spacial score (nSPS) is 10.2. The van der Waals surface area contributed by atoms with Crippen LogP contribution in [0.3, 0.4) is 0 Å². The minimum Gasteiger partial charge on any atom is -0.480 e. The van der Waals surface area contributed by atoms with Crippen molar-refractivity contribution in [3.05, 3.63) is 48.3 Å². The van der Waals surface area contributed by atoms with E-state index in [1.165, 1.54) is 22.0 Å². The Hall–Kier alpha value is -2.63. The summed E-state index contributed by atoms with van der Waals surface area (Å²) in [7, 11) is 1.66. The number of para-hydroxylation sites is 1. The van der Waals surface area contributed by atoms with Crippen LogP contribution in [-0.4, -0.2) is 33.8 Å². The van der Waals surface area contributed by atoms with Crippen molar-refractivity contribution >= 4 is 17.6 Å². The minimum atomic E-state index is -1.00.